The van der Waals surface area contributed by atoms with Crippen molar-refractivity contribution in [2.24, 2.45) is 5.92 Å². The highest BCUT2D eigenvalue weighted by Gasteiger charge is 2.28. The standard InChI is InChI=1S/C22H22FNO/c1-16(24-15-18-13-21(14-18)25-2)19-10-7-17(8-11-19)9-12-20-5-3-4-6-22(20)23/h3-8,10-11,18,21,24H,1,13-15H2,2H3. The molecular weight excluding hydrogens is 313 g/mol. The third kappa shape index (κ3) is 4.49. The third-order valence-electron chi connectivity index (χ3n) is 4.58. The highest BCUT2D eigenvalue weighted by atomic mass is 19.1. The van der Waals surface area contributed by atoms with Crippen molar-refractivity contribution in [3.05, 3.63) is 77.6 Å². The maximum absolute atomic E-state index is 13.6. The zero-order chi connectivity index (χ0) is 17.6. The van der Waals surface area contributed by atoms with E-state index < -0.39 is 0 Å². The van der Waals surface area contributed by atoms with Gasteiger partial charge in [-0.05, 0) is 48.6 Å². The Morgan fingerprint density at radius 3 is 2.56 bits per heavy atom. The van der Waals surface area contributed by atoms with E-state index in [9.17, 15) is 4.39 Å². The minimum atomic E-state index is -0.295. The van der Waals surface area contributed by atoms with E-state index in [2.05, 4.69) is 23.7 Å². The van der Waals surface area contributed by atoms with Crippen molar-refractivity contribution >= 4 is 5.70 Å². The number of halogens is 1. The molecule has 1 saturated carbocycles. The first kappa shape index (κ1) is 17.3. The van der Waals surface area contributed by atoms with Crippen LogP contribution in [0.25, 0.3) is 5.70 Å². The van der Waals surface area contributed by atoms with Crippen molar-refractivity contribution in [1.29, 1.82) is 0 Å². The molecule has 0 atom stereocenters. The topological polar surface area (TPSA) is 21.3 Å². The predicted octanol–water partition coefficient (Wildman–Crippen LogP) is 4.21. The maximum Gasteiger partial charge on any atom is 0.138 e. The summed E-state index contributed by atoms with van der Waals surface area (Å²) in [7, 11) is 1.77. The highest BCUT2D eigenvalue weighted by Crippen LogP contribution is 2.29. The average Bonchev–Trinajstić information content (AvgIpc) is 2.60. The Kier molecular flexibility index (Phi) is 5.53. The van der Waals surface area contributed by atoms with Gasteiger partial charge < -0.3 is 10.1 Å². The van der Waals surface area contributed by atoms with E-state index in [-0.39, 0.29) is 5.82 Å². The normalized spacial score (nSPS) is 18.6. The van der Waals surface area contributed by atoms with Gasteiger partial charge in [0.2, 0.25) is 0 Å². The summed E-state index contributed by atoms with van der Waals surface area (Å²) < 4.78 is 18.9. The molecule has 1 N–H and O–H groups in total. The van der Waals surface area contributed by atoms with E-state index in [1.165, 1.54) is 6.07 Å². The lowest BCUT2D eigenvalue weighted by molar-refractivity contribution is 0.00279. The Morgan fingerprint density at radius 2 is 1.88 bits per heavy atom. The van der Waals surface area contributed by atoms with Gasteiger partial charge in [-0.1, -0.05) is 42.7 Å². The molecule has 1 aliphatic carbocycles. The molecule has 0 bridgehead atoms. The van der Waals surface area contributed by atoms with Gasteiger partial charge in [0.1, 0.15) is 5.82 Å². The van der Waals surface area contributed by atoms with Gasteiger partial charge in [-0.3, -0.25) is 0 Å². The van der Waals surface area contributed by atoms with Gasteiger partial charge in [0, 0.05) is 24.9 Å². The van der Waals surface area contributed by atoms with Crippen LogP contribution in [0.2, 0.25) is 0 Å². The van der Waals surface area contributed by atoms with Crippen LogP contribution in [0.4, 0.5) is 4.39 Å². The van der Waals surface area contributed by atoms with E-state index in [0.29, 0.717) is 17.6 Å². The zero-order valence-corrected chi connectivity index (χ0v) is 14.4. The summed E-state index contributed by atoms with van der Waals surface area (Å²) in [6.45, 7) is 5.03. The summed E-state index contributed by atoms with van der Waals surface area (Å²) in [6.07, 6.45) is 2.65. The fourth-order valence-corrected chi connectivity index (χ4v) is 2.86. The molecule has 3 heteroatoms. The van der Waals surface area contributed by atoms with Gasteiger partial charge in [0.25, 0.3) is 0 Å². The number of rotatable bonds is 5. The molecule has 2 aromatic rings. The molecule has 0 unspecified atom stereocenters. The average molecular weight is 335 g/mol. The lowest BCUT2D eigenvalue weighted by Crippen LogP contribution is -2.36. The minimum Gasteiger partial charge on any atom is -0.385 e. The quantitative estimate of drug-likeness (QED) is 0.827. The number of methoxy groups -OCH3 is 1. The summed E-state index contributed by atoms with van der Waals surface area (Å²) in [5, 5.41) is 3.39. The number of hydrogen-bond donors (Lipinski definition) is 1. The Bertz CT molecular complexity index is 795. The van der Waals surface area contributed by atoms with Crippen LogP contribution in [0, 0.1) is 23.6 Å². The van der Waals surface area contributed by atoms with Gasteiger partial charge in [0.05, 0.1) is 11.7 Å². The van der Waals surface area contributed by atoms with E-state index in [4.69, 9.17) is 4.74 Å². The smallest absolute Gasteiger partial charge is 0.138 e. The van der Waals surface area contributed by atoms with Crippen LogP contribution in [0.15, 0.2) is 55.1 Å². The number of hydrogen-bond acceptors (Lipinski definition) is 2. The summed E-state index contributed by atoms with van der Waals surface area (Å²) >= 11 is 0. The minimum absolute atomic E-state index is 0.295. The van der Waals surface area contributed by atoms with Gasteiger partial charge in [-0.25, -0.2) is 4.39 Å². The van der Waals surface area contributed by atoms with Crippen molar-refractivity contribution in [1.82, 2.24) is 5.32 Å². The largest absolute Gasteiger partial charge is 0.385 e. The zero-order valence-electron chi connectivity index (χ0n) is 14.4. The first-order valence-corrected chi connectivity index (χ1v) is 8.48. The highest BCUT2D eigenvalue weighted by molar-refractivity contribution is 5.62. The lowest BCUT2D eigenvalue weighted by Gasteiger charge is -2.34. The summed E-state index contributed by atoms with van der Waals surface area (Å²) in [5.74, 6) is 6.23. The Labute approximate surface area is 148 Å². The van der Waals surface area contributed by atoms with E-state index in [1.54, 1.807) is 25.3 Å². The van der Waals surface area contributed by atoms with Crippen LogP contribution in [0.1, 0.15) is 29.5 Å². The summed E-state index contributed by atoms with van der Waals surface area (Å²) in [5.41, 5.74) is 3.21. The molecule has 1 aliphatic rings. The Morgan fingerprint density at radius 1 is 1.16 bits per heavy atom. The van der Waals surface area contributed by atoms with E-state index >= 15 is 0 Å². The van der Waals surface area contributed by atoms with Gasteiger partial charge in [-0.15, -0.1) is 0 Å². The van der Waals surface area contributed by atoms with Crippen LogP contribution in [-0.2, 0) is 4.74 Å². The molecule has 0 saturated heterocycles. The second kappa shape index (κ2) is 8.00. The molecule has 3 rings (SSSR count). The third-order valence-corrected chi connectivity index (χ3v) is 4.58. The number of ether oxygens (including phenoxy) is 1. The molecule has 0 amide bonds. The molecule has 0 aliphatic heterocycles. The first-order valence-electron chi connectivity index (χ1n) is 8.48. The van der Waals surface area contributed by atoms with Crippen LogP contribution in [-0.4, -0.2) is 19.8 Å². The fraction of sp³-hybridized carbons (Fsp3) is 0.273. The van der Waals surface area contributed by atoms with Crippen LogP contribution < -0.4 is 5.32 Å². The monoisotopic (exact) mass is 335 g/mol. The molecule has 0 heterocycles. The molecule has 0 spiro atoms. The van der Waals surface area contributed by atoms with Crippen molar-refractivity contribution in [3.63, 3.8) is 0 Å². The van der Waals surface area contributed by atoms with Gasteiger partial charge in [0.15, 0.2) is 0 Å². The molecule has 1 fully saturated rings. The number of nitrogens with one attached hydrogen (secondary N) is 1. The van der Waals surface area contributed by atoms with Crippen molar-refractivity contribution < 1.29 is 9.13 Å². The van der Waals surface area contributed by atoms with Gasteiger partial charge in [-0.2, -0.15) is 0 Å². The van der Waals surface area contributed by atoms with Crippen molar-refractivity contribution in [2.45, 2.75) is 18.9 Å². The second-order valence-corrected chi connectivity index (χ2v) is 6.36. The fourth-order valence-electron chi connectivity index (χ4n) is 2.86. The van der Waals surface area contributed by atoms with Crippen LogP contribution >= 0.6 is 0 Å². The van der Waals surface area contributed by atoms with Crippen molar-refractivity contribution in [3.8, 4) is 11.8 Å². The molecular formula is C22H22FNO. The maximum atomic E-state index is 13.6. The van der Waals surface area contributed by atoms with Crippen LogP contribution in [0.5, 0.6) is 0 Å². The van der Waals surface area contributed by atoms with Gasteiger partial charge >= 0.3 is 0 Å². The molecule has 25 heavy (non-hydrogen) atoms. The Balaban J connectivity index is 1.55. The van der Waals surface area contributed by atoms with Crippen LogP contribution in [0.3, 0.4) is 0 Å². The molecule has 0 radical (unpaired) electrons. The predicted molar refractivity (Wildman–Crippen MR) is 99.4 cm³/mol. The Hall–Kier alpha value is -2.57. The molecule has 128 valence electrons. The summed E-state index contributed by atoms with van der Waals surface area (Å²) in [6, 6.07) is 14.4. The van der Waals surface area contributed by atoms with Crippen molar-refractivity contribution in [2.75, 3.05) is 13.7 Å². The SMILES string of the molecule is C=C(NCC1CC(OC)C1)c1ccc(C#Cc2ccccc2F)cc1. The molecule has 2 aromatic carbocycles. The first-order chi connectivity index (χ1) is 12.2. The van der Waals surface area contributed by atoms with E-state index in [1.807, 2.05) is 24.3 Å². The number of benzene rings is 2. The summed E-state index contributed by atoms with van der Waals surface area (Å²) in [4.78, 5) is 0. The molecule has 0 aromatic heterocycles. The molecule has 2 nitrogen and oxygen atoms in total. The van der Waals surface area contributed by atoms with E-state index in [0.717, 1.165) is 36.2 Å². The lowest BCUT2D eigenvalue weighted by atomic mass is 9.82. The second-order valence-electron chi connectivity index (χ2n) is 6.36.